The molecule has 1 rings (SSSR count). The zero-order valence-electron chi connectivity index (χ0n) is 10.0. The van der Waals surface area contributed by atoms with Gasteiger partial charge >= 0.3 is 0 Å². The molecule has 0 N–H and O–H groups in total. The predicted octanol–water partition coefficient (Wildman–Crippen LogP) is 1.61. The quantitative estimate of drug-likeness (QED) is 0.840. The second-order valence-corrected chi connectivity index (χ2v) is 5.95. The molecule has 0 fully saturated rings. The minimum atomic E-state index is -3.60. The molecule has 0 heterocycles. The fourth-order valence-electron chi connectivity index (χ4n) is 1.23. The lowest BCUT2D eigenvalue weighted by molar-refractivity contribution is 0.390. The maximum Gasteiger partial charge on any atom is 0.246 e. The molecular weight excluding hydrogens is 266 g/mol. The van der Waals surface area contributed by atoms with E-state index in [-0.39, 0.29) is 16.4 Å². The number of benzene rings is 1. The fraction of sp³-hybridized carbons (Fsp3) is 0.400. The normalized spacial score (nSPS) is 11.6. The summed E-state index contributed by atoms with van der Waals surface area (Å²) in [6.07, 6.45) is 0. The summed E-state index contributed by atoms with van der Waals surface area (Å²) in [6.45, 7) is 0. The van der Waals surface area contributed by atoms with Crippen LogP contribution in [0.2, 0.25) is 5.02 Å². The van der Waals surface area contributed by atoms with E-state index < -0.39 is 10.0 Å². The van der Waals surface area contributed by atoms with Crippen molar-refractivity contribution in [3.8, 4) is 11.5 Å². The number of nitrogens with zero attached hydrogens (tertiary/aromatic N) is 1. The van der Waals surface area contributed by atoms with Gasteiger partial charge in [0.1, 0.15) is 16.4 Å². The highest BCUT2D eigenvalue weighted by Crippen LogP contribution is 2.35. The van der Waals surface area contributed by atoms with E-state index in [2.05, 4.69) is 0 Å². The molecule has 0 unspecified atom stereocenters. The Kier molecular flexibility index (Phi) is 4.24. The number of ether oxygens (including phenoxy) is 2. The van der Waals surface area contributed by atoms with Gasteiger partial charge in [-0.05, 0) is 0 Å². The molecule has 0 aliphatic heterocycles. The molecule has 1 aromatic rings. The van der Waals surface area contributed by atoms with Gasteiger partial charge in [0.2, 0.25) is 10.0 Å². The molecule has 0 aromatic heterocycles. The largest absolute Gasteiger partial charge is 0.495 e. The smallest absolute Gasteiger partial charge is 0.246 e. The molecule has 0 atom stereocenters. The van der Waals surface area contributed by atoms with Crippen LogP contribution in [0, 0.1) is 0 Å². The van der Waals surface area contributed by atoms with Gasteiger partial charge in [0.05, 0.1) is 19.2 Å². The van der Waals surface area contributed by atoms with E-state index in [1.807, 2.05) is 0 Å². The average molecular weight is 280 g/mol. The molecule has 0 amide bonds. The molecule has 0 aliphatic carbocycles. The van der Waals surface area contributed by atoms with Crippen molar-refractivity contribution in [2.24, 2.45) is 0 Å². The summed E-state index contributed by atoms with van der Waals surface area (Å²) in [7, 11) is 2.08. The van der Waals surface area contributed by atoms with Crippen molar-refractivity contribution in [3.63, 3.8) is 0 Å². The van der Waals surface area contributed by atoms with E-state index in [0.717, 1.165) is 4.31 Å². The fourth-order valence-corrected chi connectivity index (χ4v) is 2.51. The number of rotatable bonds is 4. The lowest BCUT2D eigenvalue weighted by atomic mass is 10.3. The van der Waals surface area contributed by atoms with Gasteiger partial charge in [-0.3, -0.25) is 0 Å². The van der Waals surface area contributed by atoms with Crippen molar-refractivity contribution < 1.29 is 17.9 Å². The van der Waals surface area contributed by atoms with Crippen LogP contribution in [0.5, 0.6) is 11.5 Å². The Morgan fingerprint density at radius 1 is 1.12 bits per heavy atom. The maximum absolute atomic E-state index is 12.0. The summed E-state index contributed by atoms with van der Waals surface area (Å²) >= 11 is 5.90. The van der Waals surface area contributed by atoms with E-state index in [0.29, 0.717) is 5.02 Å². The molecule has 1 aromatic carbocycles. The number of hydrogen-bond acceptors (Lipinski definition) is 4. The third kappa shape index (κ3) is 2.65. The highest BCUT2D eigenvalue weighted by Gasteiger charge is 2.24. The van der Waals surface area contributed by atoms with Crippen molar-refractivity contribution in [3.05, 3.63) is 17.2 Å². The summed E-state index contributed by atoms with van der Waals surface area (Å²) in [6, 6.07) is 2.76. The lowest BCUT2D eigenvalue weighted by Gasteiger charge is -2.16. The molecule has 7 heteroatoms. The summed E-state index contributed by atoms with van der Waals surface area (Å²) in [5, 5.41) is 0.294. The molecule has 0 spiro atoms. The Balaban J connectivity index is 3.52. The van der Waals surface area contributed by atoms with Gasteiger partial charge in [0.25, 0.3) is 0 Å². The van der Waals surface area contributed by atoms with Crippen LogP contribution >= 0.6 is 11.6 Å². The Morgan fingerprint density at radius 2 is 1.65 bits per heavy atom. The zero-order valence-corrected chi connectivity index (χ0v) is 11.6. The van der Waals surface area contributed by atoms with Gasteiger partial charge in [-0.1, -0.05) is 11.6 Å². The third-order valence-electron chi connectivity index (χ3n) is 2.20. The van der Waals surface area contributed by atoms with Gasteiger partial charge in [0.15, 0.2) is 0 Å². The summed E-state index contributed by atoms with van der Waals surface area (Å²) in [4.78, 5) is 0.0197. The van der Waals surface area contributed by atoms with Crippen LogP contribution in [-0.2, 0) is 10.0 Å². The van der Waals surface area contributed by atoms with Crippen molar-refractivity contribution >= 4 is 21.6 Å². The SMILES string of the molecule is COc1cc(S(=O)(=O)N(C)C)c(OC)cc1Cl. The van der Waals surface area contributed by atoms with Gasteiger partial charge < -0.3 is 9.47 Å². The van der Waals surface area contributed by atoms with Gasteiger partial charge in [0, 0.05) is 26.2 Å². The zero-order chi connectivity index (χ0) is 13.2. The van der Waals surface area contributed by atoms with Gasteiger partial charge in [-0.25, -0.2) is 12.7 Å². The molecule has 0 bridgehead atoms. The van der Waals surface area contributed by atoms with E-state index in [9.17, 15) is 8.42 Å². The minimum Gasteiger partial charge on any atom is -0.495 e. The van der Waals surface area contributed by atoms with Gasteiger partial charge in [-0.15, -0.1) is 0 Å². The first kappa shape index (κ1) is 14.1. The highest BCUT2D eigenvalue weighted by atomic mass is 35.5. The molecular formula is C10H14ClNO4S. The maximum atomic E-state index is 12.0. The molecule has 17 heavy (non-hydrogen) atoms. The Morgan fingerprint density at radius 3 is 2.06 bits per heavy atom. The molecule has 0 saturated heterocycles. The molecule has 96 valence electrons. The first-order valence-corrected chi connectivity index (χ1v) is 6.50. The van der Waals surface area contributed by atoms with E-state index in [1.165, 1.54) is 40.4 Å². The molecule has 5 nitrogen and oxygen atoms in total. The van der Waals surface area contributed by atoms with Crippen LogP contribution in [0.15, 0.2) is 17.0 Å². The number of sulfonamides is 1. The van der Waals surface area contributed by atoms with Crippen LogP contribution in [0.3, 0.4) is 0 Å². The molecule has 0 saturated carbocycles. The summed E-state index contributed by atoms with van der Waals surface area (Å²) in [5.74, 6) is 0.470. The second kappa shape index (κ2) is 5.12. The van der Waals surface area contributed by atoms with Crippen molar-refractivity contribution in [1.29, 1.82) is 0 Å². The van der Waals surface area contributed by atoms with E-state index in [1.54, 1.807) is 0 Å². The Bertz CT molecular complexity index is 513. The average Bonchev–Trinajstić information content (AvgIpc) is 2.27. The predicted molar refractivity (Wildman–Crippen MR) is 65.4 cm³/mol. The van der Waals surface area contributed by atoms with Gasteiger partial charge in [-0.2, -0.15) is 0 Å². The van der Waals surface area contributed by atoms with Crippen LogP contribution in [0.25, 0.3) is 0 Å². The molecule has 0 radical (unpaired) electrons. The summed E-state index contributed by atoms with van der Waals surface area (Å²) in [5.41, 5.74) is 0. The van der Waals surface area contributed by atoms with E-state index >= 15 is 0 Å². The van der Waals surface area contributed by atoms with Crippen LogP contribution < -0.4 is 9.47 Å². The van der Waals surface area contributed by atoms with Crippen LogP contribution in [0.1, 0.15) is 0 Å². The first-order valence-electron chi connectivity index (χ1n) is 4.68. The Hall–Kier alpha value is -0.980. The monoisotopic (exact) mass is 279 g/mol. The number of hydrogen-bond donors (Lipinski definition) is 0. The molecule has 0 aliphatic rings. The number of halogens is 1. The highest BCUT2D eigenvalue weighted by molar-refractivity contribution is 7.89. The van der Waals surface area contributed by atoms with Crippen LogP contribution in [-0.4, -0.2) is 41.0 Å². The standard InChI is InChI=1S/C10H14ClNO4S/c1-12(2)17(13,14)10-6-8(15-3)7(11)5-9(10)16-4/h5-6H,1-4H3. The summed E-state index contributed by atoms with van der Waals surface area (Å²) < 4.78 is 35.2. The lowest BCUT2D eigenvalue weighted by Crippen LogP contribution is -2.22. The first-order chi connectivity index (χ1) is 7.84. The van der Waals surface area contributed by atoms with Crippen molar-refractivity contribution in [2.75, 3.05) is 28.3 Å². The Labute approximate surface area is 106 Å². The topological polar surface area (TPSA) is 55.8 Å². The number of methoxy groups -OCH3 is 2. The van der Waals surface area contributed by atoms with Crippen molar-refractivity contribution in [1.82, 2.24) is 4.31 Å². The van der Waals surface area contributed by atoms with Crippen LogP contribution in [0.4, 0.5) is 0 Å². The second-order valence-electron chi connectivity index (χ2n) is 3.43. The van der Waals surface area contributed by atoms with E-state index in [4.69, 9.17) is 21.1 Å². The third-order valence-corrected chi connectivity index (χ3v) is 4.33. The minimum absolute atomic E-state index is 0.0197. The van der Waals surface area contributed by atoms with Crippen molar-refractivity contribution in [2.45, 2.75) is 4.90 Å².